The number of carbonyl (C=O) groups is 2. The topological polar surface area (TPSA) is 87.9 Å². The first-order chi connectivity index (χ1) is 15.0. The van der Waals surface area contributed by atoms with Crippen molar-refractivity contribution in [3.8, 4) is 5.75 Å². The standard InChI is InChI=1S/C25H25NO5/c1-3-30-25(28)23-21(16-9-11-18(29-2)12-10-16)22-19(27)13-17(14-20(22)31-24(23)26)15-7-5-4-6-8-15/h4-12,17,21H,3,13-14,26H2,1-2H3/t17-,21+/m0/s1. The van der Waals surface area contributed by atoms with Crippen molar-refractivity contribution in [3.63, 3.8) is 0 Å². The molecule has 0 saturated heterocycles. The third-order valence-corrected chi connectivity index (χ3v) is 5.76. The zero-order chi connectivity index (χ0) is 22.0. The summed E-state index contributed by atoms with van der Waals surface area (Å²) in [6.07, 6.45) is 0.878. The van der Waals surface area contributed by atoms with E-state index in [0.717, 1.165) is 11.1 Å². The Hall–Kier alpha value is -3.54. The molecule has 0 radical (unpaired) electrons. The summed E-state index contributed by atoms with van der Waals surface area (Å²) in [6, 6.07) is 17.1. The number of ketones is 1. The number of benzene rings is 2. The van der Waals surface area contributed by atoms with Gasteiger partial charge in [0.15, 0.2) is 5.78 Å². The lowest BCUT2D eigenvalue weighted by Gasteiger charge is -2.35. The van der Waals surface area contributed by atoms with Crippen molar-refractivity contribution >= 4 is 11.8 Å². The van der Waals surface area contributed by atoms with Crippen molar-refractivity contribution in [1.29, 1.82) is 0 Å². The quantitative estimate of drug-likeness (QED) is 0.739. The van der Waals surface area contributed by atoms with E-state index in [1.165, 1.54) is 0 Å². The highest BCUT2D eigenvalue weighted by Gasteiger charge is 2.43. The molecule has 1 heterocycles. The molecule has 2 aliphatic rings. The van der Waals surface area contributed by atoms with Crippen molar-refractivity contribution in [3.05, 3.63) is 88.5 Å². The van der Waals surface area contributed by atoms with E-state index in [4.69, 9.17) is 19.9 Å². The second-order valence-corrected chi connectivity index (χ2v) is 7.58. The Bertz CT molecular complexity index is 1050. The molecule has 6 nitrogen and oxygen atoms in total. The predicted octanol–water partition coefficient (Wildman–Crippen LogP) is 3.94. The maximum Gasteiger partial charge on any atom is 0.340 e. The summed E-state index contributed by atoms with van der Waals surface area (Å²) in [7, 11) is 1.58. The fourth-order valence-corrected chi connectivity index (χ4v) is 4.31. The summed E-state index contributed by atoms with van der Waals surface area (Å²) in [5, 5.41) is 0. The van der Waals surface area contributed by atoms with Crippen molar-refractivity contribution in [2.75, 3.05) is 13.7 Å². The maximum absolute atomic E-state index is 13.4. The highest BCUT2D eigenvalue weighted by Crippen LogP contribution is 2.47. The van der Waals surface area contributed by atoms with E-state index in [1.54, 1.807) is 26.2 Å². The van der Waals surface area contributed by atoms with E-state index in [9.17, 15) is 9.59 Å². The summed E-state index contributed by atoms with van der Waals surface area (Å²) >= 11 is 0. The van der Waals surface area contributed by atoms with Crippen molar-refractivity contribution in [1.82, 2.24) is 0 Å². The monoisotopic (exact) mass is 419 g/mol. The first-order valence-corrected chi connectivity index (χ1v) is 10.3. The zero-order valence-electron chi connectivity index (χ0n) is 17.6. The van der Waals surface area contributed by atoms with Crippen LogP contribution in [-0.4, -0.2) is 25.5 Å². The van der Waals surface area contributed by atoms with Crippen molar-refractivity contribution in [2.24, 2.45) is 5.73 Å². The van der Waals surface area contributed by atoms with Gasteiger partial charge < -0.3 is 19.9 Å². The van der Waals surface area contributed by atoms with Gasteiger partial charge in [0.05, 0.1) is 19.6 Å². The minimum atomic E-state index is -0.641. The summed E-state index contributed by atoms with van der Waals surface area (Å²) < 4.78 is 16.4. The SMILES string of the molecule is CCOC(=O)C1=C(N)OC2=C(C(=O)C[C@H](c3ccccc3)C2)[C@H]1c1ccc(OC)cc1. The second-order valence-electron chi connectivity index (χ2n) is 7.58. The minimum absolute atomic E-state index is 0.000843. The first kappa shape index (κ1) is 20.7. The van der Waals surface area contributed by atoms with Crippen molar-refractivity contribution < 1.29 is 23.8 Å². The molecule has 0 saturated carbocycles. The number of Topliss-reactive ketones (excluding diaryl/α,β-unsaturated/α-hetero) is 1. The molecule has 0 spiro atoms. The number of nitrogens with two attached hydrogens (primary N) is 1. The Morgan fingerprint density at radius 1 is 1.06 bits per heavy atom. The molecule has 0 unspecified atom stereocenters. The number of allylic oxidation sites excluding steroid dienone is 2. The molecule has 0 bridgehead atoms. The van der Waals surface area contributed by atoms with Gasteiger partial charge in [0.25, 0.3) is 0 Å². The number of methoxy groups -OCH3 is 1. The van der Waals surface area contributed by atoms with E-state index in [0.29, 0.717) is 29.9 Å². The van der Waals surface area contributed by atoms with Crippen LogP contribution in [0.2, 0.25) is 0 Å². The number of hydrogen-bond donors (Lipinski definition) is 1. The van der Waals surface area contributed by atoms with E-state index in [2.05, 4.69) is 0 Å². The Labute approximate surface area is 181 Å². The van der Waals surface area contributed by atoms with Gasteiger partial charge in [-0.15, -0.1) is 0 Å². The van der Waals surface area contributed by atoms with Crippen LogP contribution in [0.5, 0.6) is 5.75 Å². The highest BCUT2D eigenvalue weighted by molar-refractivity contribution is 6.03. The third-order valence-electron chi connectivity index (χ3n) is 5.76. The van der Waals surface area contributed by atoms with Crippen LogP contribution in [0.4, 0.5) is 0 Å². The zero-order valence-corrected chi connectivity index (χ0v) is 17.6. The molecule has 1 aliphatic carbocycles. The predicted molar refractivity (Wildman–Crippen MR) is 115 cm³/mol. The number of rotatable bonds is 5. The van der Waals surface area contributed by atoms with Gasteiger partial charge in [-0.2, -0.15) is 0 Å². The van der Waals surface area contributed by atoms with Gasteiger partial charge in [-0.25, -0.2) is 4.79 Å². The molecule has 0 amide bonds. The lowest BCUT2D eigenvalue weighted by atomic mass is 9.73. The smallest absolute Gasteiger partial charge is 0.340 e. The molecule has 2 atom stereocenters. The van der Waals surface area contributed by atoms with E-state index >= 15 is 0 Å². The summed E-state index contributed by atoms with van der Waals surface area (Å²) in [5.41, 5.74) is 8.70. The Morgan fingerprint density at radius 2 is 1.77 bits per heavy atom. The molecule has 2 N–H and O–H groups in total. The third kappa shape index (κ3) is 3.93. The van der Waals surface area contributed by atoms with Crippen LogP contribution in [0.1, 0.15) is 42.7 Å². The van der Waals surface area contributed by atoms with E-state index in [-0.39, 0.29) is 29.8 Å². The summed E-state index contributed by atoms with van der Waals surface area (Å²) in [4.78, 5) is 26.2. The van der Waals surface area contributed by atoms with Crippen LogP contribution in [-0.2, 0) is 19.1 Å². The van der Waals surface area contributed by atoms with Crippen LogP contribution >= 0.6 is 0 Å². The Balaban J connectivity index is 1.79. The van der Waals surface area contributed by atoms with Crippen LogP contribution in [0, 0.1) is 0 Å². The number of carbonyl (C=O) groups excluding carboxylic acids is 2. The van der Waals surface area contributed by atoms with Gasteiger partial charge in [-0.05, 0) is 36.1 Å². The van der Waals surface area contributed by atoms with Crippen LogP contribution in [0.15, 0.2) is 77.4 Å². The van der Waals surface area contributed by atoms with Gasteiger partial charge in [-0.3, -0.25) is 4.79 Å². The van der Waals surface area contributed by atoms with Gasteiger partial charge in [0, 0.05) is 18.4 Å². The molecule has 2 aromatic rings. The normalized spacial score (nSPS) is 20.8. The molecule has 6 heteroatoms. The molecule has 0 fully saturated rings. The van der Waals surface area contributed by atoms with Gasteiger partial charge in [0.2, 0.25) is 5.88 Å². The average molecular weight is 419 g/mol. The summed E-state index contributed by atoms with van der Waals surface area (Å²) in [5.74, 6) is -0.0795. The number of ether oxygens (including phenoxy) is 3. The molecule has 0 aromatic heterocycles. The molecular weight excluding hydrogens is 394 g/mol. The molecule has 160 valence electrons. The molecule has 2 aromatic carbocycles. The molecule has 4 rings (SSSR count). The van der Waals surface area contributed by atoms with Gasteiger partial charge >= 0.3 is 5.97 Å². The highest BCUT2D eigenvalue weighted by atomic mass is 16.5. The van der Waals surface area contributed by atoms with Crippen LogP contribution in [0.3, 0.4) is 0 Å². The van der Waals surface area contributed by atoms with Crippen LogP contribution < -0.4 is 10.5 Å². The van der Waals surface area contributed by atoms with E-state index in [1.807, 2.05) is 42.5 Å². The fraction of sp³-hybridized carbons (Fsp3) is 0.280. The molecule has 1 aliphatic heterocycles. The average Bonchev–Trinajstić information content (AvgIpc) is 2.78. The largest absolute Gasteiger partial charge is 0.497 e. The fourth-order valence-electron chi connectivity index (χ4n) is 4.31. The van der Waals surface area contributed by atoms with Crippen molar-refractivity contribution in [2.45, 2.75) is 31.6 Å². The lowest BCUT2D eigenvalue weighted by Crippen LogP contribution is -2.33. The van der Waals surface area contributed by atoms with Crippen LogP contribution in [0.25, 0.3) is 0 Å². The number of esters is 1. The summed E-state index contributed by atoms with van der Waals surface area (Å²) in [6.45, 7) is 1.92. The molecular formula is C25H25NO5. The minimum Gasteiger partial charge on any atom is -0.497 e. The molecule has 31 heavy (non-hydrogen) atoms. The second kappa shape index (κ2) is 8.68. The Kier molecular flexibility index (Phi) is 5.80. The van der Waals surface area contributed by atoms with E-state index < -0.39 is 11.9 Å². The maximum atomic E-state index is 13.4. The Morgan fingerprint density at radius 3 is 2.42 bits per heavy atom. The van der Waals surface area contributed by atoms with Gasteiger partial charge in [0.1, 0.15) is 17.1 Å². The van der Waals surface area contributed by atoms with Gasteiger partial charge in [-0.1, -0.05) is 42.5 Å². The first-order valence-electron chi connectivity index (χ1n) is 10.3. The number of hydrogen-bond acceptors (Lipinski definition) is 6. The lowest BCUT2D eigenvalue weighted by molar-refractivity contribution is -0.139.